The molecule has 1 fully saturated rings. The molecule has 2 aliphatic heterocycles. The monoisotopic (exact) mass is 480 g/mol. The first-order valence-corrected chi connectivity index (χ1v) is 11.7. The van der Waals surface area contributed by atoms with Crippen LogP contribution in [-0.2, 0) is 5.41 Å². The van der Waals surface area contributed by atoms with Crippen molar-refractivity contribution >= 4 is 34.7 Å². The number of nitrogens with zero attached hydrogens (tertiary/aromatic N) is 4. The number of ether oxygens (including phenoxy) is 1. The van der Waals surface area contributed by atoms with Crippen LogP contribution >= 0.6 is 11.6 Å². The predicted molar refractivity (Wildman–Crippen MR) is 135 cm³/mol. The standard InChI is InChI=1S/C25H29ClN6O2/c1-24(2)12-32(13-24)20-9-21(34-4)19(8-17(20)26)31-23-27-6-5-18(30-23)15-7-16-22(28-10-15)29-11-25(16,3)14-33/h5-10,33H,11-14H2,1-4H3,(H,28,29)(H,27,30,31). The van der Waals surface area contributed by atoms with Crippen LogP contribution in [-0.4, -0.2) is 53.4 Å². The first kappa shape index (κ1) is 22.7. The number of aliphatic hydroxyl groups is 1. The third-order valence-electron chi connectivity index (χ3n) is 6.58. The van der Waals surface area contributed by atoms with Gasteiger partial charge < -0.3 is 25.4 Å². The number of aliphatic hydroxyl groups excluding tert-OH is 1. The summed E-state index contributed by atoms with van der Waals surface area (Å²) in [5.41, 5.74) is 4.14. The van der Waals surface area contributed by atoms with Gasteiger partial charge in [-0.25, -0.2) is 15.0 Å². The molecule has 2 aliphatic rings. The molecule has 2 aromatic heterocycles. The zero-order chi connectivity index (χ0) is 24.1. The minimum atomic E-state index is -0.371. The van der Waals surface area contributed by atoms with Gasteiger partial charge in [0.1, 0.15) is 11.6 Å². The number of nitrogens with one attached hydrogen (secondary N) is 2. The molecular formula is C25H29ClN6O2. The van der Waals surface area contributed by atoms with Gasteiger partial charge in [0.25, 0.3) is 0 Å². The van der Waals surface area contributed by atoms with Crippen LogP contribution in [0.5, 0.6) is 5.75 Å². The third kappa shape index (κ3) is 4.01. The maximum absolute atomic E-state index is 9.88. The van der Waals surface area contributed by atoms with Crippen molar-refractivity contribution in [3.8, 4) is 17.0 Å². The Morgan fingerprint density at radius 2 is 2.00 bits per heavy atom. The van der Waals surface area contributed by atoms with Crippen molar-refractivity contribution in [1.82, 2.24) is 15.0 Å². The van der Waals surface area contributed by atoms with E-state index < -0.39 is 0 Å². The van der Waals surface area contributed by atoms with Gasteiger partial charge in [-0.3, -0.25) is 0 Å². The smallest absolute Gasteiger partial charge is 0.227 e. The van der Waals surface area contributed by atoms with Gasteiger partial charge in [0.15, 0.2) is 0 Å². The highest BCUT2D eigenvalue weighted by Gasteiger charge is 2.36. The maximum atomic E-state index is 9.88. The number of benzene rings is 1. The molecule has 3 N–H and O–H groups in total. The van der Waals surface area contributed by atoms with Crippen LogP contribution in [0.25, 0.3) is 11.3 Å². The van der Waals surface area contributed by atoms with Gasteiger partial charge in [0.2, 0.25) is 5.95 Å². The van der Waals surface area contributed by atoms with Gasteiger partial charge >= 0.3 is 0 Å². The summed E-state index contributed by atoms with van der Waals surface area (Å²) >= 11 is 6.63. The van der Waals surface area contributed by atoms with E-state index in [9.17, 15) is 5.11 Å². The summed E-state index contributed by atoms with van der Waals surface area (Å²) in [4.78, 5) is 15.9. The van der Waals surface area contributed by atoms with Crippen molar-refractivity contribution in [1.29, 1.82) is 0 Å². The molecule has 8 nitrogen and oxygen atoms in total. The Labute approximate surface area is 204 Å². The topological polar surface area (TPSA) is 95.4 Å². The van der Waals surface area contributed by atoms with Crippen molar-refractivity contribution < 1.29 is 9.84 Å². The van der Waals surface area contributed by atoms with E-state index in [1.807, 2.05) is 31.2 Å². The fourth-order valence-electron chi connectivity index (χ4n) is 4.63. The highest BCUT2D eigenvalue weighted by atomic mass is 35.5. The van der Waals surface area contributed by atoms with Gasteiger partial charge in [0, 0.05) is 54.6 Å². The van der Waals surface area contributed by atoms with Crippen LogP contribution in [0.1, 0.15) is 26.3 Å². The number of hydrogen-bond donors (Lipinski definition) is 3. The molecule has 9 heteroatoms. The quantitative estimate of drug-likeness (QED) is 0.475. The lowest BCUT2D eigenvalue weighted by atomic mass is 9.84. The van der Waals surface area contributed by atoms with Crippen molar-refractivity contribution in [2.24, 2.45) is 5.41 Å². The summed E-state index contributed by atoms with van der Waals surface area (Å²) in [6.07, 6.45) is 3.48. The molecule has 34 heavy (non-hydrogen) atoms. The van der Waals surface area contributed by atoms with Crippen molar-refractivity contribution in [3.63, 3.8) is 0 Å². The Morgan fingerprint density at radius 1 is 1.21 bits per heavy atom. The minimum absolute atomic E-state index is 0.0419. The summed E-state index contributed by atoms with van der Waals surface area (Å²) in [6.45, 7) is 9.10. The lowest BCUT2D eigenvalue weighted by molar-refractivity contribution is 0.218. The van der Waals surface area contributed by atoms with Crippen molar-refractivity contribution in [2.45, 2.75) is 26.2 Å². The highest BCUT2D eigenvalue weighted by molar-refractivity contribution is 6.33. The summed E-state index contributed by atoms with van der Waals surface area (Å²) in [5.74, 6) is 1.90. The Bertz CT molecular complexity index is 1240. The number of pyridine rings is 1. The fourth-order valence-corrected chi connectivity index (χ4v) is 4.91. The van der Waals surface area contributed by atoms with E-state index in [-0.39, 0.29) is 12.0 Å². The van der Waals surface area contributed by atoms with Crippen LogP contribution in [0.3, 0.4) is 0 Å². The second-order valence-corrected chi connectivity index (χ2v) is 10.5. The average Bonchev–Trinajstić information content (AvgIpc) is 3.14. The average molecular weight is 481 g/mol. The molecule has 1 aromatic carbocycles. The fraction of sp³-hybridized carbons (Fsp3) is 0.400. The van der Waals surface area contributed by atoms with Crippen molar-refractivity contribution in [2.75, 3.05) is 48.9 Å². The van der Waals surface area contributed by atoms with Gasteiger partial charge in [-0.2, -0.15) is 0 Å². The SMILES string of the molecule is COc1cc(N2CC(C)(C)C2)c(Cl)cc1Nc1nccc(-c2cnc3c(c2)C(C)(CO)CN3)n1. The molecule has 0 amide bonds. The molecule has 1 saturated heterocycles. The van der Waals surface area contributed by atoms with Crippen molar-refractivity contribution in [3.05, 3.63) is 47.2 Å². The molecule has 1 atom stereocenters. The zero-order valence-corrected chi connectivity index (χ0v) is 20.6. The molecule has 3 aromatic rings. The van der Waals surface area contributed by atoms with E-state index in [1.54, 1.807) is 19.5 Å². The summed E-state index contributed by atoms with van der Waals surface area (Å²) in [7, 11) is 1.64. The normalized spacial score (nSPS) is 20.4. The molecule has 5 rings (SSSR count). The molecule has 0 spiro atoms. The molecule has 4 heterocycles. The van der Waals surface area contributed by atoms with Gasteiger partial charge in [0.05, 0.1) is 35.8 Å². The number of hydrogen-bond acceptors (Lipinski definition) is 8. The minimum Gasteiger partial charge on any atom is -0.494 e. The lowest BCUT2D eigenvalue weighted by Gasteiger charge is -2.47. The molecule has 0 aliphatic carbocycles. The van der Waals surface area contributed by atoms with E-state index in [0.717, 1.165) is 41.4 Å². The van der Waals surface area contributed by atoms with Crippen LogP contribution < -0.4 is 20.3 Å². The lowest BCUT2D eigenvalue weighted by Crippen LogP contribution is -2.53. The summed E-state index contributed by atoms with van der Waals surface area (Å²) in [5, 5.41) is 17.0. The zero-order valence-electron chi connectivity index (χ0n) is 19.8. The number of rotatable bonds is 6. The highest BCUT2D eigenvalue weighted by Crippen LogP contribution is 2.42. The number of methoxy groups -OCH3 is 1. The number of halogens is 1. The van der Waals surface area contributed by atoms with Crippen LogP contribution in [0, 0.1) is 5.41 Å². The second kappa shape index (κ2) is 8.29. The van der Waals surface area contributed by atoms with Gasteiger partial charge in [-0.1, -0.05) is 32.4 Å². The Balaban J connectivity index is 1.42. The molecule has 178 valence electrons. The second-order valence-electron chi connectivity index (χ2n) is 10.1. The Hall–Kier alpha value is -3.10. The molecule has 0 radical (unpaired) electrons. The molecule has 1 unspecified atom stereocenters. The Kier molecular flexibility index (Phi) is 5.53. The first-order valence-electron chi connectivity index (χ1n) is 11.3. The number of fused-ring (bicyclic) bond motifs is 1. The van der Waals surface area contributed by atoms with Crippen LogP contribution in [0.4, 0.5) is 23.1 Å². The van der Waals surface area contributed by atoms with Gasteiger partial charge in [-0.15, -0.1) is 0 Å². The van der Waals surface area contributed by atoms with E-state index in [2.05, 4.69) is 39.3 Å². The number of anilines is 4. The van der Waals surface area contributed by atoms with E-state index in [0.29, 0.717) is 34.4 Å². The van der Waals surface area contributed by atoms with Crippen LogP contribution in [0.15, 0.2) is 36.7 Å². The molecule has 0 bridgehead atoms. The molecular weight excluding hydrogens is 452 g/mol. The predicted octanol–water partition coefficient (Wildman–Crippen LogP) is 4.47. The first-order chi connectivity index (χ1) is 16.2. The maximum Gasteiger partial charge on any atom is 0.227 e. The van der Waals surface area contributed by atoms with E-state index >= 15 is 0 Å². The Morgan fingerprint density at radius 3 is 2.71 bits per heavy atom. The number of aromatic nitrogens is 3. The van der Waals surface area contributed by atoms with Crippen LogP contribution in [0.2, 0.25) is 5.02 Å². The summed E-state index contributed by atoms with van der Waals surface area (Å²) < 4.78 is 5.64. The van der Waals surface area contributed by atoms with Gasteiger partial charge in [-0.05, 0) is 23.6 Å². The van der Waals surface area contributed by atoms with E-state index in [1.165, 1.54) is 0 Å². The third-order valence-corrected chi connectivity index (χ3v) is 6.88. The summed E-state index contributed by atoms with van der Waals surface area (Å²) in [6, 6.07) is 7.68. The molecule has 0 saturated carbocycles. The largest absolute Gasteiger partial charge is 0.494 e. The van der Waals surface area contributed by atoms with E-state index in [4.69, 9.17) is 21.3 Å².